The number of fused-ring (bicyclic) bond motifs is 6. The normalized spacial score (nSPS) is 12.4. The molecule has 49 heavy (non-hydrogen) atoms. The van der Waals surface area contributed by atoms with E-state index in [0.717, 1.165) is 75.6 Å². The van der Waals surface area contributed by atoms with E-state index in [9.17, 15) is 9.90 Å². The fraction of sp³-hybridized carbons (Fsp3) is 0.372. The van der Waals surface area contributed by atoms with Gasteiger partial charge in [0.05, 0.1) is 11.1 Å². The Morgan fingerprint density at radius 3 is 2.18 bits per heavy atom. The number of carbonyl (C=O) groups excluding carboxylic acids is 1. The first-order valence-corrected chi connectivity index (χ1v) is 17.4. The summed E-state index contributed by atoms with van der Waals surface area (Å²) in [5.74, 6) is 1.43. The Morgan fingerprint density at radius 1 is 0.857 bits per heavy atom. The predicted octanol–water partition coefficient (Wildman–Crippen LogP) is 12.2. The minimum Gasteiger partial charge on any atom is -0.512 e. The number of benzene rings is 4. The fourth-order valence-corrected chi connectivity index (χ4v) is 6.33. The van der Waals surface area contributed by atoms with Crippen LogP contribution in [0.3, 0.4) is 0 Å². The van der Waals surface area contributed by atoms with E-state index in [1.54, 1.807) is 0 Å². The third kappa shape index (κ3) is 7.23. The minimum absolute atomic E-state index is 0. The number of para-hydroxylation sites is 1. The van der Waals surface area contributed by atoms with Gasteiger partial charge >= 0.3 is 0 Å². The number of aromatic nitrogens is 2. The van der Waals surface area contributed by atoms with Gasteiger partial charge in [-0.05, 0) is 60.9 Å². The van der Waals surface area contributed by atoms with Crippen LogP contribution in [0.15, 0.2) is 83.0 Å². The summed E-state index contributed by atoms with van der Waals surface area (Å²) in [5, 5.41) is 15.8. The van der Waals surface area contributed by atoms with Crippen LogP contribution in [0, 0.1) is 23.8 Å². The molecule has 6 heteroatoms. The number of furan rings is 1. The van der Waals surface area contributed by atoms with Crippen molar-refractivity contribution in [3.63, 3.8) is 0 Å². The van der Waals surface area contributed by atoms with Gasteiger partial charge in [-0.25, -0.2) is 4.98 Å². The molecule has 0 amide bonds. The molecule has 259 valence electrons. The summed E-state index contributed by atoms with van der Waals surface area (Å²) >= 11 is 0. The third-order valence-corrected chi connectivity index (χ3v) is 10.7. The van der Waals surface area contributed by atoms with Crippen LogP contribution < -0.4 is 0 Å². The van der Waals surface area contributed by atoms with E-state index in [1.165, 1.54) is 22.4 Å². The molecule has 0 aliphatic carbocycles. The molecule has 6 rings (SSSR count). The van der Waals surface area contributed by atoms with Crippen molar-refractivity contribution < 1.29 is 34.4 Å². The summed E-state index contributed by atoms with van der Waals surface area (Å²) < 4.78 is 6.28. The number of carbonyl (C=O) groups is 1. The van der Waals surface area contributed by atoms with Crippen LogP contribution in [0.1, 0.15) is 98.4 Å². The maximum Gasteiger partial charge on any atom is 0.164 e. The summed E-state index contributed by atoms with van der Waals surface area (Å²) in [4.78, 5) is 22.0. The number of allylic oxidation sites excluding steroid dienone is 2. The molecule has 0 aliphatic rings. The number of aliphatic hydroxyl groups excluding tert-OH is 1. The van der Waals surface area contributed by atoms with Gasteiger partial charge in [0.1, 0.15) is 17.2 Å². The molecule has 2 heterocycles. The quantitative estimate of drug-likeness (QED) is 0.0679. The number of aryl methyl sites for hydroxylation is 1. The molecule has 0 aliphatic heterocycles. The first-order valence-electron chi connectivity index (χ1n) is 17.4. The Morgan fingerprint density at radius 2 is 1.53 bits per heavy atom. The second kappa shape index (κ2) is 15.4. The average molecular weight is 834 g/mol. The molecule has 0 bridgehead atoms. The van der Waals surface area contributed by atoms with E-state index in [0.29, 0.717) is 5.92 Å². The van der Waals surface area contributed by atoms with Crippen LogP contribution in [0.4, 0.5) is 0 Å². The zero-order chi connectivity index (χ0) is 34.8. The number of nitrogens with zero attached hydrogens (tertiary/aromatic N) is 2. The molecule has 0 fully saturated rings. The molecule has 0 spiro atoms. The molecule has 0 atom stereocenters. The molecule has 5 nitrogen and oxygen atoms in total. The van der Waals surface area contributed by atoms with Crippen molar-refractivity contribution in [1.29, 1.82) is 0 Å². The van der Waals surface area contributed by atoms with Crippen LogP contribution in [0.2, 0.25) is 0 Å². The van der Waals surface area contributed by atoms with Crippen LogP contribution in [0.25, 0.3) is 54.9 Å². The maximum atomic E-state index is 12.2. The van der Waals surface area contributed by atoms with E-state index in [-0.39, 0.29) is 42.5 Å². The van der Waals surface area contributed by atoms with Gasteiger partial charge in [0.25, 0.3) is 0 Å². The van der Waals surface area contributed by atoms with E-state index in [2.05, 4.69) is 62.4 Å². The van der Waals surface area contributed by atoms with Gasteiger partial charge in [0.2, 0.25) is 0 Å². The Hall–Kier alpha value is -3.86. The second-order valence-corrected chi connectivity index (χ2v) is 13.8. The van der Waals surface area contributed by atoms with Crippen LogP contribution in [0.5, 0.6) is 0 Å². The average Bonchev–Trinajstić information content (AvgIpc) is 3.49. The molecule has 1 radical (unpaired) electrons. The minimum atomic E-state index is -0.337. The second-order valence-electron chi connectivity index (χ2n) is 13.8. The standard InChI is InChI=1S/C28H21N2O.C15H28O2.Ir/c1-16(2)19-10-6-8-18-14-15-22-26(29-17(3)30-27(22)25(18)19)23-12-7-11-21-20-9-4-5-13-24(20)31-28(21)23;1-7-14(5,8-2)12(16)11-13(17)15(6,9-3)10-4;/h4-11,13-16H,1-3H3;11,16H,7-10H2,1-6H3;/q-1;;/b;12-11-;. The molecule has 2 aromatic heterocycles. The van der Waals surface area contributed by atoms with Gasteiger partial charge in [0.15, 0.2) is 5.78 Å². The van der Waals surface area contributed by atoms with Crippen LogP contribution in [-0.2, 0) is 24.9 Å². The van der Waals surface area contributed by atoms with Gasteiger partial charge in [-0.1, -0.05) is 115 Å². The predicted molar refractivity (Wildman–Crippen MR) is 201 cm³/mol. The zero-order valence-corrected chi connectivity index (χ0v) is 32.7. The van der Waals surface area contributed by atoms with E-state index in [1.807, 2.05) is 72.7 Å². The first kappa shape index (κ1) is 37.9. The molecule has 0 unspecified atom stereocenters. The topological polar surface area (TPSA) is 76.2 Å². The van der Waals surface area contributed by atoms with E-state index in [4.69, 9.17) is 14.4 Å². The van der Waals surface area contributed by atoms with Crippen molar-refractivity contribution in [2.75, 3.05) is 0 Å². The number of ketones is 1. The van der Waals surface area contributed by atoms with Gasteiger partial charge in [-0.15, -0.1) is 18.2 Å². The summed E-state index contributed by atoms with van der Waals surface area (Å²) in [6.45, 7) is 18.5. The smallest absolute Gasteiger partial charge is 0.164 e. The first-order chi connectivity index (χ1) is 22.9. The third-order valence-electron chi connectivity index (χ3n) is 10.7. The molecule has 6 aromatic rings. The van der Waals surface area contributed by atoms with Crippen molar-refractivity contribution >= 4 is 49.4 Å². The number of rotatable bonds is 9. The zero-order valence-electron chi connectivity index (χ0n) is 30.3. The fourth-order valence-electron chi connectivity index (χ4n) is 6.33. The van der Waals surface area contributed by atoms with Crippen LogP contribution in [-0.4, -0.2) is 20.9 Å². The largest absolute Gasteiger partial charge is 0.512 e. The van der Waals surface area contributed by atoms with Gasteiger partial charge in [-0.2, -0.15) is 0 Å². The monoisotopic (exact) mass is 834 g/mol. The number of aliphatic hydroxyl groups is 1. The van der Waals surface area contributed by atoms with Gasteiger partial charge in [-0.3, -0.25) is 9.78 Å². The molecule has 0 saturated carbocycles. The molecular formula is C43H49IrN2O3-. The maximum absolute atomic E-state index is 12.2. The van der Waals surface area contributed by atoms with Crippen molar-refractivity contribution in [3.8, 4) is 11.3 Å². The number of hydrogen-bond acceptors (Lipinski definition) is 5. The summed E-state index contributed by atoms with van der Waals surface area (Å²) in [6.07, 6.45) is 4.75. The SMILES string of the molecule is CCC(C)(CC)C(=O)/C=C(\O)C(C)(CC)CC.Cc1nc(-c2[c-]ccc3c2oc2ccccc23)c2ccc3cccc(C(C)C)c3c2n1.[Ir]. The van der Waals surface area contributed by atoms with Gasteiger partial charge < -0.3 is 9.52 Å². The Bertz CT molecular complexity index is 2130. The van der Waals surface area contributed by atoms with Crippen molar-refractivity contribution in [3.05, 3.63) is 96.0 Å². The van der Waals surface area contributed by atoms with Crippen LogP contribution >= 0.6 is 0 Å². The number of hydrogen-bond donors (Lipinski definition) is 1. The molecule has 4 aromatic carbocycles. The van der Waals surface area contributed by atoms with E-state index >= 15 is 0 Å². The Balaban J connectivity index is 0.000000260. The Kier molecular flexibility index (Phi) is 11.9. The summed E-state index contributed by atoms with van der Waals surface area (Å²) in [5.41, 5.74) is 5.14. The summed E-state index contributed by atoms with van der Waals surface area (Å²) in [7, 11) is 0. The molecule has 1 N–H and O–H groups in total. The van der Waals surface area contributed by atoms with Crippen molar-refractivity contribution in [2.45, 2.75) is 93.9 Å². The van der Waals surface area contributed by atoms with Gasteiger partial charge in [0, 0.05) is 53.5 Å². The summed E-state index contributed by atoms with van der Waals surface area (Å²) in [6, 6.07) is 26.4. The molecule has 0 saturated heterocycles. The van der Waals surface area contributed by atoms with Crippen molar-refractivity contribution in [2.24, 2.45) is 10.8 Å². The van der Waals surface area contributed by atoms with Crippen molar-refractivity contribution in [1.82, 2.24) is 9.97 Å². The Labute approximate surface area is 304 Å². The van der Waals surface area contributed by atoms with E-state index < -0.39 is 0 Å². The molecular weight excluding hydrogens is 785 g/mol.